The van der Waals surface area contributed by atoms with Crippen LogP contribution < -0.4 is 20.5 Å². The second kappa shape index (κ2) is 10.2. The number of hydrogen-bond donors (Lipinski definition) is 2. The molecule has 0 aromatic heterocycles. The summed E-state index contributed by atoms with van der Waals surface area (Å²) in [5, 5.41) is 2.82. The molecule has 0 fully saturated rings. The lowest BCUT2D eigenvalue weighted by atomic mass is 10.1. The van der Waals surface area contributed by atoms with Crippen LogP contribution in [0.15, 0.2) is 48.5 Å². The molecule has 148 valence electrons. The predicted molar refractivity (Wildman–Crippen MR) is 109 cm³/mol. The van der Waals surface area contributed by atoms with E-state index in [1.54, 1.807) is 31.4 Å². The van der Waals surface area contributed by atoms with Gasteiger partial charge in [-0.2, -0.15) is 0 Å². The van der Waals surface area contributed by atoms with Crippen LogP contribution in [0.3, 0.4) is 0 Å². The molecule has 6 heteroatoms. The average Bonchev–Trinajstić information content (AvgIpc) is 2.67. The Morgan fingerprint density at radius 3 is 2.61 bits per heavy atom. The van der Waals surface area contributed by atoms with Gasteiger partial charge in [-0.1, -0.05) is 18.2 Å². The van der Waals surface area contributed by atoms with E-state index in [-0.39, 0.29) is 12.0 Å². The summed E-state index contributed by atoms with van der Waals surface area (Å²) in [7, 11) is 1.58. The van der Waals surface area contributed by atoms with Crippen LogP contribution in [-0.2, 0) is 11.2 Å². The Balaban J connectivity index is 1.89. The highest BCUT2D eigenvalue weighted by atomic mass is 16.5. The van der Waals surface area contributed by atoms with Gasteiger partial charge in [0, 0.05) is 18.2 Å². The zero-order valence-electron chi connectivity index (χ0n) is 16.4. The number of hydrogen-bond acceptors (Lipinski definition) is 4. The van der Waals surface area contributed by atoms with E-state index in [2.05, 4.69) is 5.32 Å². The Morgan fingerprint density at radius 1 is 1.14 bits per heavy atom. The fraction of sp³-hybridized carbons (Fsp3) is 0.273. The molecule has 0 spiro atoms. The van der Waals surface area contributed by atoms with Crippen molar-refractivity contribution in [2.24, 2.45) is 5.73 Å². The highest BCUT2D eigenvalue weighted by molar-refractivity contribution is 5.93. The molecular weight excluding hydrogens is 356 g/mol. The number of nitrogens with one attached hydrogen (secondary N) is 1. The third-order valence-electron chi connectivity index (χ3n) is 3.90. The van der Waals surface area contributed by atoms with Crippen molar-refractivity contribution in [3.05, 3.63) is 65.2 Å². The Bertz CT molecular complexity index is 859. The van der Waals surface area contributed by atoms with E-state index in [0.29, 0.717) is 30.0 Å². The second-order valence-electron chi connectivity index (χ2n) is 6.52. The lowest BCUT2D eigenvalue weighted by Gasteiger charge is -2.13. The van der Waals surface area contributed by atoms with Crippen LogP contribution in [0.1, 0.15) is 35.3 Å². The zero-order valence-corrected chi connectivity index (χ0v) is 16.4. The fourth-order valence-electron chi connectivity index (χ4n) is 2.58. The monoisotopic (exact) mass is 382 g/mol. The highest BCUT2D eigenvalue weighted by Gasteiger charge is 2.07. The zero-order chi connectivity index (χ0) is 20.5. The summed E-state index contributed by atoms with van der Waals surface area (Å²) < 4.78 is 11.0. The third kappa shape index (κ3) is 6.46. The Morgan fingerprint density at radius 2 is 1.93 bits per heavy atom. The van der Waals surface area contributed by atoms with Gasteiger partial charge < -0.3 is 20.5 Å². The van der Waals surface area contributed by atoms with Gasteiger partial charge >= 0.3 is 0 Å². The molecule has 0 atom stereocenters. The van der Waals surface area contributed by atoms with E-state index in [4.69, 9.17) is 15.2 Å². The maximum Gasteiger partial charge on any atom is 0.248 e. The van der Waals surface area contributed by atoms with Crippen LogP contribution in [0.4, 0.5) is 0 Å². The first-order chi connectivity index (χ1) is 13.4. The van der Waals surface area contributed by atoms with Crippen molar-refractivity contribution in [1.29, 1.82) is 0 Å². The quantitative estimate of drug-likeness (QED) is 0.653. The first kappa shape index (κ1) is 21.0. The molecule has 0 aliphatic carbocycles. The molecule has 0 radical (unpaired) electrons. The molecule has 2 rings (SSSR count). The third-order valence-corrected chi connectivity index (χ3v) is 3.90. The summed E-state index contributed by atoms with van der Waals surface area (Å²) in [6, 6.07) is 12.6. The first-order valence-corrected chi connectivity index (χ1v) is 9.08. The van der Waals surface area contributed by atoms with E-state index in [9.17, 15) is 9.59 Å². The van der Waals surface area contributed by atoms with Gasteiger partial charge in [-0.15, -0.1) is 0 Å². The molecule has 0 aliphatic rings. The number of carbonyl (C=O) groups excluding carboxylic acids is 2. The van der Waals surface area contributed by atoms with Crippen LogP contribution >= 0.6 is 0 Å². The molecule has 0 aliphatic heterocycles. The number of carbonyl (C=O) groups is 2. The van der Waals surface area contributed by atoms with Crippen LogP contribution in [0.2, 0.25) is 0 Å². The SMILES string of the molecule is COc1cc(/C=C/C(=O)NCCc2cccc(C(N)=O)c2)ccc1OC(C)C. The molecule has 2 aromatic carbocycles. The average molecular weight is 382 g/mol. The van der Waals surface area contributed by atoms with Crippen molar-refractivity contribution in [2.45, 2.75) is 26.4 Å². The Labute approximate surface area is 165 Å². The normalized spacial score (nSPS) is 10.9. The van der Waals surface area contributed by atoms with Gasteiger partial charge in [-0.3, -0.25) is 9.59 Å². The molecular formula is C22H26N2O4. The van der Waals surface area contributed by atoms with Crippen molar-refractivity contribution in [2.75, 3.05) is 13.7 Å². The summed E-state index contributed by atoms with van der Waals surface area (Å²) in [4.78, 5) is 23.2. The molecule has 0 saturated carbocycles. The van der Waals surface area contributed by atoms with Gasteiger partial charge in [0.2, 0.25) is 11.8 Å². The minimum Gasteiger partial charge on any atom is -0.493 e. The first-order valence-electron chi connectivity index (χ1n) is 9.08. The van der Waals surface area contributed by atoms with E-state index >= 15 is 0 Å². The number of primary amides is 1. The number of nitrogens with two attached hydrogens (primary N) is 1. The summed E-state index contributed by atoms with van der Waals surface area (Å²) >= 11 is 0. The molecule has 0 heterocycles. The standard InChI is InChI=1S/C22H26N2O4/c1-15(2)28-19-9-7-17(14-20(19)27-3)8-10-21(25)24-12-11-16-5-4-6-18(13-16)22(23)26/h4-10,13-15H,11-12H2,1-3H3,(H2,23,26)(H,24,25)/b10-8+. The lowest BCUT2D eigenvalue weighted by Crippen LogP contribution is -2.23. The van der Waals surface area contributed by atoms with Crippen molar-refractivity contribution in [3.8, 4) is 11.5 Å². The minimum atomic E-state index is -0.464. The van der Waals surface area contributed by atoms with Crippen LogP contribution in [-0.4, -0.2) is 31.6 Å². The Hall–Kier alpha value is -3.28. The van der Waals surface area contributed by atoms with Crippen molar-refractivity contribution >= 4 is 17.9 Å². The largest absolute Gasteiger partial charge is 0.493 e. The second-order valence-corrected chi connectivity index (χ2v) is 6.52. The topological polar surface area (TPSA) is 90.6 Å². The molecule has 2 aromatic rings. The molecule has 0 unspecified atom stereocenters. The highest BCUT2D eigenvalue weighted by Crippen LogP contribution is 2.29. The Kier molecular flexibility index (Phi) is 7.63. The lowest BCUT2D eigenvalue weighted by molar-refractivity contribution is -0.116. The number of rotatable bonds is 9. The van der Waals surface area contributed by atoms with Gasteiger partial charge in [-0.05, 0) is 61.7 Å². The molecule has 6 nitrogen and oxygen atoms in total. The summed E-state index contributed by atoms with van der Waals surface area (Å²) in [6.45, 7) is 4.35. The van der Waals surface area contributed by atoms with Gasteiger partial charge in [-0.25, -0.2) is 0 Å². The fourth-order valence-corrected chi connectivity index (χ4v) is 2.58. The van der Waals surface area contributed by atoms with Crippen LogP contribution in [0, 0.1) is 0 Å². The predicted octanol–water partition coefficient (Wildman–Crippen LogP) is 2.95. The van der Waals surface area contributed by atoms with E-state index in [1.165, 1.54) is 6.08 Å². The van der Waals surface area contributed by atoms with E-state index in [0.717, 1.165) is 11.1 Å². The molecule has 0 saturated heterocycles. The number of benzene rings is 2. The minimum absolute atomic E-state index is 0.0461. The van der Waals surface area contributed by atoms with Crippen molar-refractivity contribution in [1.82, 2.24) is 5.32 Å². The van der Waals surface area contributed by atoms with Crippen molar-refractivity contribution < 1.29 is 19.1 Å². The summed E-state index contributed by atoms with van der Waals surface area (Å²) in [5.74, 6) is 0.615. The molecule has 28 heavy (non-hydrogen) atoms. The van der Waals surface area contributed by atoms with E-state index < -0.39 is 5.91 Å². The molecule has 2 amide bonds. The smallest absolute Gasteiger partial charge is 0.248 e. The van der Waals surface area contributed by atoms with E-state index in [1.807, 2.05) is 38.1 Å². The number of ether oxygens (including phenoxy) is 2. The van der Waals surface area contributed by atoms with Crippen molar-refractivity contribution in [3.63, 3.8) is 0 Å². The van der Waals surface area contributed by atoms with Crippen LogP contribution in [0.25, 0.3) is 6.08 Å². The van der Waals surface area contributed by atoms with Crippen LogP contribution in [0.5, 0.6) is 11.5 Å². The number of amides is 2. The van der Waals surface area contributed by atoms with Gasteiger partial charge in [0.05, 0.1) is 13.2 Å². The van der Waals surface area contributed by atoms with Gasteiger partial charge in [0.25, 0.3) is 0 Å². The molecule has 0 bridgehead atoms. The molecule has 3 N–H and O–H groups in total. The van der Waals surface area contributed by atoms with Gasteiger partial charge in [0.1, 0.15) is 0 Å². The number of methoxy groups -OCH3 is 1. The summed E-state index contributed by atoms with van der Waals surface area (Å²) in [5.41, 5.74) is 7.50. The van der Waals surface area contributed by atoms with Gasteiger partial charge in [0.15, 0.2) is 11.5 Å². The summed E-state index contributed by atoms with van der Waals surface area (Å²) in [6.07, 6.45) is 3.84. The maximum absolute atomic E-state index is 12.0. The maximum atomic E-state index is 12.0.